The van der Waals surface area contributed by atoms with Crippen molar-refractivity contribution in [3.63, 3.8) is 0 Å². The number of fused-ring (bicyclic) bond motifs is 1. The van der Waals surface area contributed by atoms with E-state index in [2.05, 4.69) is 4.98 Å². The average molecular weight is 249 g/mol. The molecule has 1 aromatic heterocycles. The summed E-state index contributed by atoms with van der Waals surface area (Å²) in [5.74, 6) is 1.55. The number of hydrogen-bond donors (Lipinski definition) is 1. The molecule has 1 aromatic carbocycles. The Morgan fingerprint density at radius 1 is 1.12 bits per heavy atom. The zero-order valence-electron chi connectivity index (χ0n) is 9.06. The molecule has 0 unspecified atom stereocenters. The summed E-state index contributed by atoms with van der Waals surface area (Å²) >= 11 is 4.90. The van der Waals surface area contributed by atoms with Crippen LogP contribution < -0.4 is 9.47 Å². The molecule has 1 aliphatic heterocycles. The van der Waals surface area contributed by atoms with Gasteiger partial charge in [0.25, 0.3) is 4.84 Å². The van der Waals surface area contributed by atoms with Crippen molar-refractivity contribution in [2.45, 2.75) is 6.42 Å². The largest absolute Gasteiger partial charge is 0.490 e. The van der Waals surface area contributed by atoms with Crippen LogP contribution in [0.25, 0.3) is 11.3 Å². The second-order valence-corrected chi connectivity index (χ2v) is 4.14. The fourth-order valence-electron chi connectivity index (χ4n) is 1.75. The van der Waals surface area contributed by atoms with Crippen molar-refractivity contribution < 1.29 is 13.9 Å². The summed E-state index contributed by atoms with van der Waals surface area (Å²) in [7, 11) is 0. The van der Waals surface area contributed by atoms with Crippen LogP contribution in [-0.4, -0.2) is 18.2 Å². The van der Waals surface area contributed by atoms with Crippen LogP contribution in [0.5, 0.6) is 11.5 Å². The van der Waals surface area contributed by atoms with Gasteiger partial charge in [0.1, 0.15) is 6.26 Å². The molecule has 1 N–H and O–H groups in total. The highest BCUT2D eigenvalue weighted by atomic mass is 32.1. The van der Waals surface area contributed by atoms with Gasteiger partial charge in [0.2, 0.25) is 0 Å². The van der Waals surface area contributed by atoms with Gasteiger partial charge in [-0.15, -0.1) is 0 Å². The first-order valence-corrected chi connectivity index (χ1v) is 5.81. The third kappa shape index (κ3) is 2.06. The summed E-state index contributed by atoms with van der Waals surface area (Å²) in [5.41, 5.74) is 1.81. The lowest BCUT2D eigenvalue weighted by atomic mass is 10.1. The molecule has 5 heteroatoms. The summed E-state index contributed by atoms with van der Waals surface area (Å²) in [5, 5.41) is 0. The summed E-state index contributed by atoms with van der Waals surface area (Å²) in [6, 6.07) is 5.78. The van der Waals surface area contributed by atoms with E-state index in [1.165, 1.54) is 0 Å². The van der Waals surface area contributed by atoms with E-state index in [-0.39, 0.29) is 0 Å². The molecule has 4 nitrogen and oxygen atoms in total. The minimum Gasteiger partial charge on any atom is -0.490 e. The van der Waals surface area contributed by atoms with Crippen molar-refractivity contribution in [1.82, 2.24) is 4.98 Å². The van der Waals surface area contributed by atoms with Crippen LogP contribution in [0.3, 0.4) is 0 Å². The number of benzene rings is 1. The van der Waals surface area contributed by atoms with Gasteiger partial charge < -0.3 is 18.9 Å². The summed E-state index contributed by atoms with van der Waals surface area (Å²) in [4.78, 5) is 3.33. The third-order valence-electron chi connectivity index (χ3n) is 2.58. The fraction of sp³-hybridized carbons (Fsp3) is 0.250. The lowest BCUT2D eigenvalue weighted by Gasteiger charge is -2.07. The van der Waals surface area contributed by atoms with Crippen LogP contribution in [0.4, 0.5) is 0 Å². The molecule has 0 radical (unpaired) electrons. The predicted octanol–water partition coefficient (Wildman–Crippen LogP) is 3.17. The first kappa shape index (κ1) is 10.4. The number of nitrogens with one attached hydrogen (secondary N) is 1. The molecule has 0 atom stereocenters. The quantitative estimate of drug-likeness (QED) is 0.789. The maximum absolute atomic E-state index is 5.62. The van der Waals surface area contributed by atoms with Gasteiger partial charge >= 0.3 is 0 Å². The summed E-state index contributed by atoms with van der Waals surface area (Å²) in [6.07, 6.45) is 2.50. The molecule has 0 aliphatic carbocycles. The van der Waals surface area contributed by atoms with Crippen molar-refractivity contribution in [2.75, 3.05) is 13.2 Å². The van der Waals surface area contributed by atoms with Crippen molar-refractivity contribution in [3.8, 4) is 22.8 Å². The van der Waals surface area contributed by atoms with E-state index in [0.717, 1.165) is 29.2 Å². The molecule has 1 aliphatic rings. The standard InChI is InChI=1S/C12H11NO3S/c17-12-13-9(7-16-12)8-2-3-10-11(6-8)15-5-1-4-14-10/h2-3,6-7H,1,4-5H2,(H,13,17). The van der Waals surface area contributed by atoms with E-state index in [0.29, 0.717) is 18.1 Å². The van der Waals surface area contributed by atoms with E-state index in [1.54, 1.807) is 6.26 Å². The normalized spacial score (nSPS) is 14.4. The molecule has 0 amide bonds. The highest BCUT2D eigenvalue weighted by Crippen LogP contribution is 2.33. The Labute approximate surface area is 103 Å². The Morgan fingerprint density at radius 2 is 1.94 bits per heavy atom. The van der Waals surface area contributed by atoms with Gasteiger partial charge in [-0.2, -0.15) is 0 Å². The Kier molecular flexibility index (Phi) is 2.60. The molecule has 2 heterocycles. The molecule has 0 bridgehead atoms. The van der Waals surface area contributed by atoms with Crippen LogP contribution in [0.1, 0.15) is 6.42 Å². The van der Waals surface area contributed by atoms with Gasteiger partial charge in [0, 0.05) is 12.0 Å². The zero-order chi connectivity index (χ0) is 11.7. The molecular weight excluding hydrogens is 238 g/mol. The zero-order valence-corrected chi connectivity index (χ0v) is 9.88. The minimum atomic E-state index is 0.368. The van der Waals surface area contributed by atoms with Crippen LogP contribution >= 0.6 is 12.2 Å². The molecule has 0 fully saturated rings. The molecule has 0 spiro atoms. The Hall–Kier alpha value is -1.75. The maximum Gasteiger partial charge on any atom is 0.266 e. The molecule has 0 saturated heterocycles. The second-order valence-electron chi connectivity index (χ2n) is 3.77. The topological polar surface area (TPSA) is 47.4 Å². The molecule has 88 valence electrons. The Morgan fingerprint density at radius 3 is 2.71 bits per heavy atom. The number of oxazole rings is 1. The lowest BCUT2D eigenvalue weighted by Crippen LogP contribution is -1.97. The third-order valence-corrected chi connectivity index (χ3v) is 2.78. The molecule has 3 rings (SSSR count). The highest BCUT2D eigenvalue weighted by Gasteiger charge is 2.12. The minimum absolute atomic E-state index is 0.368. The van der Waals surface area contributed by atoms with Gasteiger partial charge in [0.15, 0.2) is 11.5 Å². The van der Waals surface area contributed by atoms with Crippen LogP contribution in [0, 0.1) is 4.84 Å². The van der Waals surface area contributed by atoms with Gasteiger partial charge in [-0.3, -0.25) is 0 Å². The van der Waals surface area contributed by atoms with Crippen molar-refractivity contribution in [1.29, 1.82) is 0 Å². The SMILES string of the molecule is S=c1[nH]c(-c2ccc3c(c2)OCCCO3)co1. The van der Waals surface area contributed by atoms with Crippen LogP contribution in [0.15, 0.2) is 28.9 Å². The van der Waals surface area contributed by atoms with Gasteiger partial charge in [-0.25, -0.2) is 0 Å². The van der Waals surface area contributed by atoms with Crippen molar-refractivity contribution in [2.24, 2.45) is 0 Å². The number of hydrogen-bond acceptors (Lipinski definition) is 4. The fourth-order valence-corrected chi connectivity index (χ4v) is 1.91. The van der Waals surface area contributed by atoms with Crippen molar-refractivity contribution >= 4 is 12.2 Å². The van der Waals surface area contributed by atoms with Crippen LogP contribution in [-0.2, 0) is 0 Å². The molecular formula is C12H11NO3S. The van der Waals surface area contributed by atoms with E-state index in [1.807, 2.05) is 18.2 Å². The molecule has 17 heavy (non-hydrogen) atoms. The van der Waals surface area contributed by atoms with Crippen molar-refractivity contribution in [3.05, 3.63) is 29.3 Å². The first-order chi connectivity index (χ1) is 8.33. The van der Waals surface area contributed by atoms with Gasteiger partial charge in [-0.1, -0.05) is 0 Å². The number of aromatic nitrogens is 1. The second kappa shape index (κ2) is 4.25. The smallest absolute Gasteiger partial charge is 0.266 e. The number of H-pyrrole nitrogens is 1. The summed E-state index contributed by atoms with van der Waals surface area (Å²) < 4.78 is 16.3. The predicted molar refractivity (Wildman–Crippen MR) is 64.9 cm³/mol. The average Bonchev–Trinajstić information content (AvgIpc) is 2.64. The van der Waals surface area contributed by atoms with Crippen LogP contribution in [0.2, 0.25) is 0 Å². The Bertz CT molecular complexity index is 587. The lowest BCUT2D eigenvalue weighted by molar-refractivity contribution is 0.297. The molecule has 0 saturated carbocycles. The monoisotopic (exact) mass is 249 g/mol. The number of rotatable bonds is 1. The van der Waals surface area contributed by atoms with E-state index in [9.17, 15) is 0 Å². The maximum atomic E-state index is 5.62. The van der Waals surface area contributed by atoms with E-state index < -0.39 is 0 Å². The highest BCUT2D eigenvalue weighted by molar-refractivity contribution is 7.71. The first-order valence-electron chi connectivity index (χ1n) is 5.41. The molecule has 2 aromatic rings. The number of ether oxygens (including phenoxy) is 2. The number of aromatic amines is 1. The van der Waals surface area contributed by atoms with Gasteiger partial charge in [-0.05, 0) is 30.4 Å². The summed E-state index contributed by atoms with van der Waals surface area (Å²) in [6.45, 7) is 1.37. The van der Waals surface area contributed by atoms with E-state index >= 15 is 0 Å². The van der Waals surface area contributed by atoms with E-state index in [4.69, 9.17) is 26.1 Å². The Balaban J connectivity index is 2.02. The van der Waals surface area contributed by atoms with Gasteiger partial charge in [0.05, 0.1) is 18.9 Å².